The summed E-state index contributed by atoms with van der Waals surface area (Å²) >= 11 is 0. The van der Waals surface area contributed by atoms with Crippen molar-refractivity contribution in [3.8, 4) is 17.2 Å². The Labute approximate surface area is 149 Å². The molecule has 1 heterocycles. The molecule has 1 aliphatic rings. The van der Waals surface area contributed by atoms with Gasteiger partial charge in [-0.3, -0.25) is 0 Å². The summed E-state index contributed by atoms with van der Waals surface area (Å²) in [6, 6.07) is 13.1. The summed E-state index contributed by atoms with van der Waals surface area (Å²) in [5.41, 5.74) is 12.7. The van der Waals surface area contributed by atoms with Gasteiger partial charge in [-0.05, 0) is 43.7 Å². The smallest absolute Gasteiger partial charge is 0.169 e. The number of nitrogen functional groups attached to an aromatic ring is 2. The molecule has 0 radical (unpaired) electrons. The van der Waals surface area contributed by atoms with Gasteiger partial charge in [0.25, 0.3) is 0 Å². The van der Waals surface area contributed by atoms with E-state index in [1.54, 1.807) is 12.1 Å². The summed E-state index contributed by atoms with van der Waals surface area (Å²) in [6.07, 6.45) is 3.48. The summed E-state index contributed by atoms with van der Waals surface area (Å²) in [4.78, 5) is 0. The Morgan fingerprint density at radius 1 is 1.12 bits per heavy atom. The number of hydrogen-bond donors (Lipinski definition) is 3. The zero-order valence-corrected chi connectivity index (χ0v) is 14.7. The molecule has 2 aromatic rings. The predicted molar refractivity (Wildman–Crippen MR) is 102 cm³/mol. The third-order valence-electron chi connectivity index (χ3n) is 4.61. The van der Waals surface area contributed by atoms with Gasteiger partial charge in [-0.1, -0.05) is 25.5 Å². The van der Waals surface area contributed by atoms with Crippen LogP contribution in [-0.2, 0) is 0 Å². The van der Waals surface area contributed by atoms with E-state index in [9.17, 15) is 0 Å². The van der Waals surface area contributed by atoms with E-state index >= 15 is 0 Å². The van der Waals surface area contributed by atoms with Crippen molar-refractivity contribution in [1.82, 2.24) is 5.32 Å². The van der Waals surface area contributed by atoms with Gasteiger partial charge in [0.1, 0.15) is 11.9 Å². The Bertz CT molecular complexity index is 699. The number of nitrogens with two attached hydrogens (primary N) is 2. The minimum atomic E-state index is 0.196. The number of benzene rings is 2. The highest BCUT2D eigenvalue weighted by atomic mass is 16.5. The molecule has 0 bridgehead atoms. The van der Waals surface area contributed by atoms with Crippen LogP contribution >= 0.6 is 0 Å². The minimum absolute atomic E-state index is 0.196. The fraction of sp³-hybridized carbons (Fsp3) is 0.400. The van der Waals surface area contributed by atoms with Gasteiger partial charge in [-0.2, -0.15) is 0 Å². The molecule has 1 fully saturated rings. The van der Waals surface area contributed by atoms with Crippen molar-refractivity contribution < 1.29 is 9.47 Å². The third-order valence-corrected chi connectivity index (χ3v) is 4.61. The number of rotatable bonds is 7. The monoisotopic (exact) mass is 341 g/mol. The maximum atomic E-state index is 6.38. The van der Waals surface area contributed by atoms with Crippen LogP contribution in [0.25, 0.3) is 0 Å². The van der Waals surface area contributed by atoms with Crippen LogP contribution in [0.2, 0.25) is 0 Å². The van der Waals surface area contributed by atoms with Crippen molar-refractivity contribution in [2.24, 2.45) is 5.92 Å². The summed E-state index contributed by atoms with van der Waals surface area (Å²) in [5, 5.41) is 3.43. The normalized spacial score (nSPS) is 18.0. The van der Waals surface area contributed by atoms with E-state index < -0.39 is 0 Å². The standard InChI is InChI=1S/C20H27N3O2/c1-2-5-18(14-10-11-23-13-14)25-20-7-4-3-6-19(20)24-15-8-9-16(21)17(22)12-15/h3-4,6-9,12,14,18,23H,2,5,10-11,13,21-22H2,1H3. The molecule has 2 atom stereocenters. The van der Waals surface area contributed by atoms with Gasteiger partial charge >= 0.3 is 0 Å². The maximum absolute atomic E-state index is 6.38. The fourth-order valence-electron chi connectivity index (χ4n) is 3.21. The number of nitrogens with one attached hydrogen (secondary N) is 1. The molecular weight excluding hydrogens is 314 g/mol. The SMILES string of the molecule is CCCC(Oc1ccccc1Oc1ccc(N)c(N)c1)C1CCNC1. The Morgan fingerprint density at radius 3 is 2.60 bits per heavy atom. The number of anilines is 2. The predicted octanol–water partition coefficient (Wildman–Crippen LogP) is 3.80. The van der Waals surface area contributed by atoms with E-state index in [2.05, 4.69) is 12.2 Å². The molecule has 0 aliphatic carbocycles. The van der Waals surface area contributed by atoms with Crippen LogP contribution in [0.1, 0.15) is 26.2 Å². The van der Waals surface area contributed by atoms with Crippen LogP contribution in [0.15, 0.2) is 42.5 Å². The van der Waals surface area contributed by atoms with Crippen LogP contribution in [0, 0.1) is 5.92 Å². The van der Waals surface area contributed by atoms with Gasteiger partial charge in [0.2, 0.25) is 0 Å². The Kier molecular flexibility index (Phi) is 5.66. The average Bonchev–Trinajstić information content (AvgIpc) is 3.14. The van der Waals surface area contributed by atoms with Crippen LogP contribution in [0.5, 0.6) is 17.2 Å². The average molecular weight is 341 g/mol. The molecule has 2 aromatic carbocycles. The zero-order valence-electron chi connectivity index (χ0n) is 14.7. The molecule has 25 heavy (non-hydrogen) atoms. The highest BCUT2D eigenvalue weighted by Crippen LogP contribution is 2.35. The van der Waals surface area contributed by atoms with Crippen molar-refractivity contribution >= 4 is 11.4 Å². The largest absolute Gasteiger partial charge is 0.486 e. The van der Waals surface area contributed by atoms with Crippen molar-refractivity contribution in [1.29, 1.82) is 0 Å². The van der Waals surface area contributed by atoms with Gasteiger partial charge in [0, 0.05) is 18.5 Å². The molecular formula is C20H27N3O2. The van der Waals surface area contributed by atoms with Crippen molar-refractivity contribution in [3.05, 3.63) is 42.5 Å². The van der Waals surface area contributed by atoms with Gasteiger partial charge < -0.3 is 26.3 Å². The molecule has 0 saturated carbocycles. The highest BCUT2D eigenvalue weighted by molar-refractivity contribution is 5.65. The molecule has 1 saturated heterocycles. The quantitative estimate of drug-likeness (QED) is 0.667. The van der Waals surface area contributed by atoms with Gasteiger partial charge in [-0.25, -0.2) is 0 Å². The lowest BCUT2D eigenvalue weighted by Gasteiger charge is -2.25. The molecule has 0 spiro atoms. The van der Waals surface area contributed by atoms with Crippen molar-refractivity contribution in [2.45, 2.75) is 32.3 Å². The molecule has 5 heteroatoms. The van der Waals surface area contributed by atoms with E-state index in [0.29, 0.717) is 28.8 Å². The molecule has 0 amide bonds. The lowest BCUT2D eigenvalue weighted by molar-refractivity contribution is 0.129. The van der Waals surface area contributed by atoms with Crippen LogP contribution < -0.4 is 26.3 Å². The number of hydrogen-bond acceptors (Lipinski definition) is 5. The number of para-hydroxylation sites is 2. The van der Waals surface area contributed by atoms with Crippen molar-refractivity contribution in [3.63, 3.8) is 0 Å². The van der Waals surface area contributed by atoms with Crippen LogP contribution in [0.3, 0.4) is 0 Å². The first-order valence-electron chi connectivity index (χ1n) is 8.96. The van der Waals surface area contributed by atoms with Crippen LogP contribution in [0.4, 0.5) is 11.4 Å². The van der Waals surface area contributed by atoms with Gasteiger partial charge in [-0.15, -0.1) is 0 Å². The zero-order chi connectivity index (χ0) is 17.6. The molecule has 3 rings (SSSR count). The first-order chi connectivity index (χ1) is 12.2. The number of ether oxygens (including phenoxy) is 2. The highest BCUT2D eigenvalue weighted by Gasteiger charge is 2.26. The summed E-state index contributed by atoms with van der Waals surface area (Å²) in [7, 11) is 0. The first kappa shape index (κ1) is 17.4. The molecule has 2 unspecified atom stereocenters. The van der Waals surface area contributed by atoms with Gasteiger partial charge in [0.05, 0.1) is 11.4 Å². The second-order valence-corrected chi connectivity index (χ2v) is 6.54. The Balaban J connectivity index is 1.78. The Hall–Kier alpha value is -2.40. The van der Waals surface area contributed by atoms with Crippen molar-refractivity contribution in [2.75, 3.05) is 24.6 Å². The third kappa shape index (κ3) is 4.37. The summed E-state index contributed by atoms with van der Waals surface area (Å²) in [6.45, 7) is 4.28. The minimum Gasteiger partial charge on any atom is -0.486 e. The lowest BCUT2D eigenvalue weighted by Crippen LogP contribution is -2.28. The molecule has 5 N–H and O–H groups in total. The van der Waals surface area contributed by atoms with E-state index in [0.717, 1.165) is 38.1 Å². The lowest BCUT2D eigenvalue weighted by atomic mass is 9.97. The second kappa shape index (κ2) is 8.12. The summed E-state index contributed by atoms with van der Waals surface area (Å²) < 4.78 is 12.4. The molecule has 5 nitrogen and oxygen atoms in total. The topological polar surface area (TPSA) is 82.5 Å². The van der Waals surface area contributed by atoms with E-state index in [-0.39, 0.29) is 6.10 Å². The van der Waals surface area contributed by atoms with E-state index in [4.69, 9.17) is 20.9 Å². The Morgan fingerprint density at radius 2 is 1.92 bits per heavy atom. The van der Waals surface area contributed by atoms with E-state index in [1.165, 1.54) is 0 Å². The fourth-order valence-corrected chi connectivity index (χ4v) is 3.21. The first-order valence-corrected chi connectivity index (χ1v) is 8.96. The molecule has 0 aromatic heterocycles. The summed E-state index contributed by atoms with van der Waals surface area (Å²) in [5.74, 6) is 2.65. The molecule has 134 valence electrons. The van der Waals surface area contributed by atoms with E-state index in [1.807, 2.05) is 30.3 Å². The second-order valence-electron chi connectivity index (χ2n) is 6.54. The van der Waals surface area contributed by atoms with Crippen LogP contribution in [-0.4, -0.2) is 19.2 Å². The molecule has 1 aliphatic heterocycles. The van der Waals surface area contributed by atoms with Gasteiger partial charge in [0.15, 0.2) is 11.5 Å². The maximum Gasteiger partial charge on any atom is 0.169 e.